The van der Waals surface area contributed by atoms with Crippen molar-refractivity contribution in [1.29, 1.82) is 0 Å². The number of anilines is 1. The van der Waals surface area contributed by atoms with Crippen molar-refractivity contribution in [2.75, 3.05) is 4.72 Å². The molecule has 1 aromatic carbocycles. The second-order valence-corrected chi connectivity index (χ2v) is 5.87. The average Bonchev–Trinajstić information content (AvgIpc) is 2.81. The zero-order chi connectivity index (χ0) is 12.3. The van der Waals surface area contributed by atoms with Crippen LogP contribution in [0, 0.1) is 0 Å². The zero-order valence-corrected chi connectivity index (χ0v) is 11.7. The van der Waals surface area contributed by atoms with Gasteiger partial charge in [-0.25, -0.2) is 13.4 Å². The number of nitrogens with zero attached hydrogens (tertiary/aromatic N) is 1. The van der Waals surface area contributed by atoms with Gasteiger partial charge in [0.1, 0.15) is 0 Å². The maximum absolute atomic E-state index is 11.9. The van der Waals surface area contributed by atoms with Crippen LogP contribution in [-0.2, 0) is 16.6 Å². The molecule has 2 aromatic rings. The van der Waals surface area contributed by atoms with Crippen molar-refractivity contribution in [3.8, 4) is 0 Å². The Morgan fingerprint density at radius 3 is 2.44 bits per heavy atom. The van der Waals surface area contributed by atoms with Crippen molar-refractivity contribution in [1.82, 2.24) is 4.98 Å². The minimum absolute atomic E-state index is 0. The Hall–Kier alpha value is -1.15. The Bertz CT molecular complexity index is 582. The number of nitrogens with two attached hydrogens (primary N) is 1. The van der Waals surface area contributed by atoms with E-state index in [9.17, 15) is 8.42 Å². The summed E-state index contributed by atoms with van der Waals surface area (Å²) in [4.78, 5) is 4.07. The second kappa shape index (κ2) is 6.14. The lowest BCUT2D eigenvalue weighted by Crippen LogP contribution is -2.12. The van der Waals surface area contributed by atoms with Gasteiger partial charge in [0, 0.05) is 18.1 Å². The van der Waals surface area contributed by atoms with E-state index >= 15 is 0 Å². The molecular formula is C10H12ClN3O2S2. The quantitative estimate of drug-likeness (QED) is 0.902. The predicted octanol–water partition coefficient (Wildman–Crippen LogP) is 1.82. The van der Waals surface area contributed by atoms with E-state index in [1.54, 1.807) is 23.7 Å². The molecule has 1 heterocycles. The van der Waals surface area contributed by atoms with Crippen molar-refractivity contribution < 1.29 is 8.42 Å². The third-order valence-electron chi connectivity index (χ3n) is 2.12. The van der Waals surface area contributed by atoms with Gasteiger partial charge in [0.2, 0.25) is 0 Å². The first-order valence-corrected chi connectivity index (χ1v) is 7.19. The van der Waals surface area contributed by atoms with Crippen LogP contribution in [0.3, 0.4) is 0 Å². The van der Waals surface area contributed by atoms with Crippen LogP contribution in [0.4, 0.5) is 5.13 Å². The fourth-order valence-electron chi connectivity index (χ4n) is 1.25. The highest BCUT2D eigenvalue weighted by Crippen LogP contribution is 2.18. The van der Waals surface area contributed by atoms with E-state index in [0.717, 1.165) is 5.56 Å². The Labute approximate surface area is 116 Å². The van der Waals surface area contributed by atoms with Crippen LogP contribution in [-0.4, -0.2) is 13.4 Å². The van der Waals surface area contributed by atoms with Crippen molar-refractivity contribution in [2.45, 2.75) is 11.4 Å². The maximum atomic E-state index is 11.9. The summed E-state index contributed by atoms with van der Waals surface area (Å²) in [5, 5.41) is 2.06. The number of hydrogen-bond donors (Lipinski definition) is 2. The van der Waals surface area contributed by atoms with Gasteiger partial charge in [0.15, 0.2) is 5.13 Å². The molecule has 0 unspecified atom stereocenters. The number of aromatic nitrogens is 1. The topological polar surface area (TPSA) is 85.1 Å². The summed E-state index contributed by atoms with van der Waals surface area (Å²) in [5.74, 6) is 0. The second-order valence-electron chi connectivity index (χ2n) is 3.29. The molecule has 0 saturated heterocycles. The molecule has 0 aliphatic rings. The molecule has 2 rings (SSSR count). The van der Waals surface area contributed by atoms with E-state index < -0.39 is 10.0 Å². The minimum Gasteiger partial charge on any atom is -0.326 e. The molecule has 0 spiro atoms. The van der Waals surface area contributed by atoms with Gasteiger partial charge in [-0.3, -0.25) is 4.72 Å². The number of rotatable bonds is 4. The fraction of sp³-hybridized carbons (Fsp3) is 0.100. The number of thiazole rings is 1. The molecule has 0 radical (unpaired) electrons. The Kier molecular flexibility index (Phi) is 5.09. The highest BCUT2D eigenvalue weighted by atomic mass is 35.5. The molecule has 8 heteroatoms. The summed E-state index contributed by atoms with van der Waals surface area (Å²) < 4.78 is 26.2. The van der Waals surface area contributed by atoms with Gasteiger partial charge in [-0.1, -0.05) is 12.1 Å². The van der Waals surface area contributed by atoms with E-state index in [1.807, 2.05) is 0 Å². The smallest absolute Gasteiger partial charge is 0.263 e. The van der Waals surface area contributed by atoms with Crippen molar-refractivity contribution in [2.24, 2.45) is 5.73 Å². The van der Waals surface area contributed by atoms with Crippen molar-refractivity contribution in [3.05, 3.63) is 41.4 Å². The molecule has 0 amide bonds. The van der Waals surface area contributed by atoms with E-state index in [0.29, 0.717) is 11.7 Å². The average molecular weight is 306 g/mol. The standard InChI is InChI=1S/C10H11N3O2S2.ClH/c11-7-8-1-3-9(4-2-8)17(14,15)13-10-12-5-6-16-10;/h1-6H,7,11H2,(H,12,13);1H. The van der Waals surface area contributed by atoms with Gasteiger partial charge in [-0.05, 0) is 17.7 Å². The van der Waals surface area contributed by atoms with Crippen molar-refractivity contribution in [3.63, 3.8) is 0 Å². The molecule has 0 aliphatic heterocycles. The van der Waals surface area contributed by atoms with E-state index in [4.69, 9.17) is 5.73 Å². The van der Waals surface area contributed by atoms with E-state index in [2.05, 4.69) is 9.71 Å². The molecule has 98 valence electrons. The minimum atomic E-state index is -3.55. The first-order chi connectivity index (χ1) is 8.12. The molecule has 1 aromatic heterocycles. The largest absolute Gasteiger partial charge is 0.326 e. The highest BCUT2D eigenvalue weighted by molar-refractivity contribution is 7.93. The van der Waals surface area contributed by atoms with E-state index in [1.165, 1.54) is 23.5 Å². The van der Waals surface area contributed by atoms with Gasteiger partial charge >= 0.3 is 0 Å². The van der Waals surface area contributed by atoms with Crippen LogP contribution in [0.1, 0.15) is 5.56 Å². The molecule has 0 aliphatic carbocycles. The number of halogens is 1. The zero-order valence-electron chi connectivity index (χ0n) is 9.24. The molecule has 18 heavy (non-hydrogen) atoms. The van der Waals surface area contributed by atoms with E-state index in [-0.39, 0.29) is 17.3 Å². The van der Waals surface area contributed by atoms with Crippen molar-refractivity contribution >= 4 is 38.9 Å². The lowest BCUT2D eigenvalue weighted by Gasteiger charge is -2.05. The van der Waals surface area contributed by atoms with Gasteiger partial charge in [-0.2, -0.15) is 0 Å². The summed E-state index contributed by atoms with van der Waals surface area (Å²) in [6, 6.07) is 6.43. The first-order valence-electron chi connectivity index (χ1n) is 4.83. The lowest BCUT2D eigenvalue weighted by molar-refractivity contribution is 0.601. The van der Waals surface area contributed by atoms with Gasteiger partial charge in [0.05, 0.1) is 4.90 Å². The van der Waals surface area contributed by atoms with Crippen LogP contribution in [0.2, 0.25) is 0 Å². The summed E-state index contributed by atoms with van der Waals surface area (Å²) in [6.45, 7) is 0.389. The summed E-state index contributed by atoms with van der Waals surface area (Å²) in [6.07, 6.45) is 1.54. The van der Waals surface area contributed by atoms with Gasteiger partial charge in [0.25, 0.3) is 10.0 Å². The Morgan fingerprint density at radius 1 is 1.28 bits per heavy atom. The fourth-order valence-corrected chi connectivity index (χ4v) is 3.04. The lowest BCUT2D eigenvalue weighted by atomic mass is 10.2. The normalized spacial score (nSPS) is 10.7. The third-order valence-corrected chi connectivity index (χ3v) is 4.30. The molecule has 0 saturated carbocycles. The number of sulfonamides is 1. The summed E-state index contributed by atoms with van der Waals surface area (Å²) >= 11 is 1.23. The third kappa shape index (κ3) is 3.42. The van der Waals surface area contributed by atoms with Crippen LogP contribution < -0.4 is 10.5 Å². The van der Waals surface area contributed by atoms with Crippen LogP contribution in [0.5, 0.6) is 0 Å². The SMILES string of the molecule is Cl.NCc1ccc(S(=O)(=O)Nc2nccs2)cc1. The molecule has 3 N–H and O–H groups in total. The number of benzene rings is 1. The first kappa shape index (κ1) is 14.9. The van der Waals surface area contributed by atoms with Crippen LogP contribution in [0.25, 0.3) is 0 Å². The summed E-state index contributed by atoms with van der Waals surface area (Å²) in [7, 11) is -3.55. The molecule has 0 bridgehead atoms. The summed E-state index contributed by atoms with van der Waals surface area (Å²) in [5.41, 5.74) is 6.33. The van der Waals surface area contributed by atoms with Gasteiger partial charge < -0.3 is 5.73 Å². The van der Waals surface area contributed by atoms with Crippen LogP contribution >= 0.6 is 23.7 Å². The Morgan fingerprint density at radius 2 is 1.94 bits per heavy atom. The Balaban J connectivity index is 0.00000162. The van der Waals surface area contributed by atoms with Gasteiger partial charge in [-0.15, -0.1) is 23.7 Å². The highest BCUT2D eigenvalue weighted by Gasteiger charge is 2.14. The maximum Gasteiger partial charge on any atom is 0.263 e. The predicted molar refractivity (Wildman–Crippen MR) is 74.5 cm³/mol. The number of hydrogen-bond acceptors (Lipinski definition) is 5. The molecule has 5 nitrogen and oxygen atoms in total. The monoisotopic (exact) mass is 305 g/mol. The molecule has 0 fully saturated rings. The molecular weight excluding hydrogens is 294 g/mol. The molecule has 0 atom stereocenters. The number of nitrogens with one attached hydrogen (secondary N) is 1. The van der Waals surface area contributed by atoms with Crippen LogP contribution in [0.15, 0.2) is 40.7 Å².